The lowest BCUT2D eigenvalue weighted by Gasteiger charge is -2.34. The molecular weight excluding hydrogens is 398 g/mol. The van der Waals surface area contributed by atoms with Crippen molar-refractivity contribution in [2.24, 2.45) is 11.8 Å². The van der Waals surface area contributed by atoms with Crippen molar-refractivity contribution in [3.63, 3.8) is 0 Å². The van der Waals surface area contributed by atoms with E-state index >= 15 is 0 Å². The zero-order chi connectivity index (χ0) is 21.1. The molecule has 30 heavy (non-hydrogen) atoms. The van der Waals surface area contributed by atoms with Crippen molar-refractivity contribution in [3.8, 4) is 16.3 Å². The second-order valence-corrected chi connectivity index (χ2v) is 8.91. The summed E-state index contributed by atoms with van der Waals surface area (Å²) >= 11 is 1.55. The molecule has 1 aliphatic rings. The first-order chi connectivity index (χ1) is 14.5. The molecule has 0 saturated carbocycles. The number of amides is 1. The van der Waals surface area contributed by atoms with Crippen LogP contribution in [0, 0.1) is 11.8 Å². The van der Waals surface area contributed by atoms with E-state index in [1.165, 1.54) is 0 Å². The first-order valence-electron chi connectivity index (χ1n) is 10.2. The summed E-state index contributed by atoms with van der Waals surface area (Å²) < 4.78 is 7.00. The van der Waals surface area contributed by atoms with E-state index in [-0.39, 0.29) is 12.5 Å². The predicted octanol–water partition coefficient (Wildman–Crippen LogP) is 4.26. The van der Waals surface area contributed by atoms with Crippen LogP contribution in [0.3, 0.4) is 0 Å². The van der Waals surface area contributed by atoms with Crippen molar-refractivity contribution in [2.45, 2.75) is 20.3 Å². The lowest BCUT2D eigenvalue weighted by molar-refractivity contribution is -0.137. The number of likely N-dealkylation sites (tertiary alicyclic amines) is 1. The number of piperidine rings is 1. The molecule has 1 aromatic carbocycles. The van der Waals surface area contributed by atoms with Crippen molar-refractivity contribution in [3.05, 3.63) is 59.6 Å². The first-order valence-corrected chi connectivity index (χ1v) is 11.0. The van der Waals surface area contributed by atoms with Crippen LogP contribution in [-0.2, 0) is 9.53 Å². The number of para-hydroxylation sites is 1. The highest BCUT2D eigenvalue weighted by atomic mass is 32.1. The van der Waals surface area contributed by atoms with Crippen LogP contribution in [0.2, 0.25) is 0 Å². The lowest BCUT2D eigenvalue weighted by Crippen LogP contribution is -2.44. The summed E-state index contributed by atoms with van der Waals surface area (Å²) in [5, 5.41) is 6.58. The third-order valence-corrected chi connectivity index (χ3v) is 6.13. The second kappa shape index (κ2) is 8.83. The number of carbonyl (C=O) groups excluding carboxylic acids is 2. The van der Waals surface area contributed by atoms with Gasteiger partial charge in [0.1, 0.15) is 5.69 Å². The van der Waals surface area contributed by atoms with Gasteiger partial charge in [0.2, 0.25) is 0 Å². The minimum Gasteiger partial charge on any atom is -0.451 e. The van der Waals surface area contributed by atoms with E-state index < -0.39 is 5.97 Å². The number of nitrogens with zero attached hydrogens (tertiary/aromatic N) is 3. The number of aromatic nitrogens is 2. The molecule has 3 aromatic rings. The van der Waals surface area contributed by atoms with E-state index in [9.17, 15) is 9.59 Å². The molecule has 156 valence electrons. The molecule has 4 rings (SSSR count). The van der Waals surface area contributed by atoms with Gasteiger partial charge in [0, 0.05) is 19.2 Å². The maximum Gasteiger partial charge on any atom is 0.357 e. The van der Waals surface area contributed by atoms with Crippen LogP contribution in [0.5, 0.6) is 0 Å². The maximum atomic E-state index is 12.9. The number of rotatable bonds is 5. The molecule has 6 nitrogen and oxygen atoms in total. The van der Waals surface area contributed by atoms with Crippen LogP contribution in [-0.4, -0.2) is 46.3 Å². The highest BCUT2D eigenvalue weighted by Gasteiger charge is 2.27. The Hall–Kier alpha value is -2.93. The summed E-state index contributed by atoms with van der Waals surface area (Å²) in [6.45, 7) is 5.46. The summed E-state index contributed by atoms with van der Waals surface area (Å²) in [7, 11) is 0. The smallest absolute Gasteiger partial charge is 0.357 e. The van der Waals surface area contributed by atoms with Crippen LogP contribution in [0.25, 0.3) is 16.3 Å². The zero-order valence-electron chi connectivity index (χ0n) is 17.2. The molecule has 2 aromatic heterocycles. The standard InChI is InChI=1S/C23H25N3O3S/c1-16-11-17(2)14-25(13-16)22(27)15-29-23(28)20-12-19(21-9-6-10-30-21)24-26(20)18-7-4-3-5-8-18/h3-10,12,16-17H,11,13-15H2,1-2H3/t16-,17+. The molecule has 0 aliphatic carbocycles. The summed E-state index contributed by atoms with van der Waals surface area (Å²) in [5.41, 5.74) is 1.76. The molecule has 1 saturated heterocycles. The molecule has 7 heteroatoms. The van der Waals surface area contributed by atoms with Crippen molar-refractivity contribution in [2.75, 3.05) is 19.7 Å². The summed E-state index contributed by atoms with van der Waals surface area (Å²) in [6, 6.07) is 15.1. The Kier molecular flexibility index (Phi) is 5.99. The monoisotopic (exact) mass is 423 g/mol. The van der Waals surface area contributed by atoms with Gasteiger partial charge in [-0.1, -0.05) is 38.1 Å². The normalized spacial score (nSPS) is 18.9. The van der Waals surface area contributed by atoms with Crippen LogP contribution < -0.4 is 0 Å². The fourth-order valence-electron chi connectivity index (χ4n) is 4.00. The van der Waals surface area contributed by atoms with Crippen LogP contribution in [0.4, 0.5) is 0 Å². The third-order valence-electron chi connectivity index (χ3n) is 5.24. The zero-order valence-corrected chi connectivity index (χ0v) is 18.0. The Morgan fingerprint density at radius 2 is 1.83 bits per heavy atom. The third kappa shape index (κ3) is 4.46. The molecule has 3 heterocycles. The van der Waals surface area contributed by atoms with Crippen molar-refractivity contribution >= 4 is 23.2 Å². The molecule has 0 unspecified atom stereocenters. The topological polar surface area (TPSA) is 64.4 Å². The van der Waals surface area contributed by atoms with Gasteiger partial charge in [0.25, 0.3) is 5.91 Å². The average Bonchev–Trinajstić information content (AvgIpc) is 3.41. The van der Waals surface area contributed by atoms with Gasteiger partial charge in [-0.15, -0.1) is 11.3 Å². The Morgan fingerprint density at radius 3 is 2.50 bits per heavy atom. The van der Waals surface area contributed by atoms with Crippen LogP contribution >= 0.6 is 11.3 Å². The van der Waals surface area contributed by atoms with E-state index in [0.717, 1.165) is 17.0 Å². The lowest BCUT2D eigenvalue weighted by atomic mass is 9.92. The molecule has 0 spiro atoms. The molecule has 1 amide bonds. The van der Waals surface area contributed by atoms with Gasteiger partial charge >= 0.3 is 5.97 Å². The molecule has 0 bridgehead atoms. The fourth-order valence-corrected chi connectivity index (χ4v) is 4.68. The second-order valence-electron chi connectivity index (χ2n) is 7.96. The van der Waals surface area contributed by atoms with E-state index in [4.69, 9.17) is 4.74 Å². The summed E-state index contributed by atoms with van der Waals surface area (Å²) in [5.74, 6) is 0.217. The Bertz CT molecular complexity index is 1000. The molecule has 0 N–H and O–H groups in total. The fraction of sp³-hybridized carbons (Fsp3) is 0.348. The van der Waals surface area contributed by atoms with Crippen molar-refractivity contribution in [1.82, 2.24) is 14.7 Å². The largest absolute Gasteiger partial charge is 0.451 e. The number of esters is 1. The number of hydrogen-bond acceptors (Lipinski definition) is 5. The van der Waals surface area contributed by atoms with Crippen molar-refractivity contribution < 1.29 is 14.3 Å². The minimum absolute atomic E-state index is 0.147. The molecule has 1 aliphatic heterocycles. The number of ether oxygens (including phenoxy) is 1. The van der Waals surface area contributed by atoms with E-state index in [0.29, 0.717) is 36.3 Å². The SMILES string of the molecule is C[C@@H]1C[C@H](C)CN(C(=O)COC(=O)c2cc(-c3cccs3)nn2-c2ccccc2)C1. The minimum atomic E-state index is -0.555. The quantitative estimate of drug-likeness (QED) is 0.575. The van der Waals surface area contributed by atoms with E-state index in [2.05, 4.69) is 18.9 Å². The highest BCUT2D eigenvalue weighted by Crippen LogP contribution is 2.26. The Morgan fingerprint density at radius 1 is 1.10 bits per heavy atom. The average molecular weight is 424 g/mol. The van der Waals surface area contributed by atoms with E-state index in [1.807, 2.05) is 47.8 Å². The molecular formula is C23H25N3O3S. The van der Waals surface area contributed by atoms with Gasteiger partial charge in [-0.2, -0.15) is 5.10 Å². The Balaban J connectivity index is 1.52. The van der Waals surface area contributed by atoms with Gasteiger partial charge in [-0.05, 0) is 41.8 Å². The van der Waals surface area contributed by atoms with Crippen molar-refractivity contribution in [1.29, 1.82) is 0 Å². The van der Waals surface area contributed by atoms with Gasteiger partial charge in [0.15, 0.2) is 12.3 Å². The van der Waals surface area contributed by atoms with Crippen LogP contribution in [0.15, 0.2) is 53.9 Å². The van der Waals surface area contributed by atoms with Gasteiger partial charge in [-0.3, -0.25) is 4.79 Å². The molecule has 1 fully saturated rings. The first kappa shape index (κ1) is 20.3. The van der Waals surface area contributed by atoms with Gasteiger partial charge < -0.3 is 9.64 Å². The maximum absolute atomic E-state index is 12.9. The summed E-state index contributed by atoms with van der Waals surface area (Å²) in [4.78, 5) is 28.3. The number of hydrogen-bond donors (Lipinski definition) is 0. The van der Waals surface area contributed by atoms with Gasteiger partial charge in [-0.25, -0.2) is 9.48 Å². The predicted molar refractivity (Wildman–Crippen MR) is 117 cm³/mol. The number of thiophene rings is 1. The number of carbonyl (C=O) groups is 2. The molecule has 2 atom stereocenters. The van der Waals surface area contributed by atoms with E-state index in [1.54, 1.807) is 27.0 Å². The highest BCUT2D eigenvalue weighted by molar-refractivity contribution is 7.13. The van der Waals surface area contributed by atoms with Gasteiger partial charge in [0.05, 0.1) is 10.6 Å². The number of benzene rings is 1. The Labute approximate surface area is 180 Å². The summed E-state index contributed by atoms with van der Waals surface area (Å²) in [6.07, 6.45) is 1.12. The molecule has 0 radical (unpaired) electrons. The van der Waals surface area contributed by atoms with Crippen LogP contribution in [0.1, 0.15) is 30.8 Å².